The zero-order chi connectivity index (χ0) is 20.5. The summed E-state index contributed by atoms with van der Waals surface area (Å²) in [6, 6.07) is 14.1. The van der Waals surface area contributed by atoms with Crippen LogP contribution in [0.5, 0.6) is 0 Å². The maximum Gasteiger partial charge on any atom is 0.340 e. The summed E-state index contributed by atoms with van der Waals surface area (Å²) in [6.45, 7) is 0.0745. The quantitative estimate of drug-likeness (QED) is 0.361. The Morgan fingerprint density at radius 1 is 1.03 bits per heavy atom. The van der Waals surface area contributed by atoms with Gasteiger partial charge in [-0.1, -0.05) is 36.4 Å². The molecular weight excluding hydrogens is 396 g/mol. The van der Waals surface area contributed by atoms with Crippen LogP contribution < -0.4 is 27.2 Å². The fourth-order valence-electron chi connectivity index (χ4n) is 2.78. The van der Waals surface area contributed by atoms with Gasteiger partial charge in [0.15, 0.2) is 0 Å². The lowest BCUT2D eigenvalue weighted by molar-refractivity contribution is 0.0698. The highest BCUT2D eigenvalue weighted by Gasteiger charge is 2.21. The highest BCUT2D eigenvalue weighted by atomic mass is 32.1. The van der Waals surface area contributed by atoms with E-state index in [0.29, 0.717) is 10.6 Å². The molecule has 0 radical (unpaired) electrons. The molecule has 0 spiro atoms. The van der Waals surface area contributed by atoms with E-state index in [-0.39, 0.29) is 17.1 Å². The van der Waals surface area contributed by atoms with Crippen molar-refractivity contribution >= 4 is 44.8 Å². The van der Waals surface area contributed by atoms with Crippen LogP contribution in [0.4, 0.5) is 15.5 Å². The Bertz CT molecular complexity index is 1280. The van der Waals surface area contributed by atoms with Gasteiger partial charge in [0.2, 0.25) is 0 Å². The molecule has 0 saturated heterocycles. The van der Waals surface area contributed by atoms with Crippen molar-refractivity contribution in [3.63, 3.8) is 0 Å². The smallest absolute Gasteiger partial charge is 0.340 e. The van der Waals surface area contributed by atoms with Gasteiger partial charge in [-0.15, -0.1) is 11.3 Å². The second kappa shape index (κ2) is 7.24. The number of anilines is 2. The first-order valence-corrected chi connectivity index (χ1v) is 9.29. The minimum absolute atomic E-state index is 0.0745. The number of thiophene rings is 1. The molecular formula is C19H14N4O5S. The number of hydrogen-bond acceptors (Lipinski definition) is 6. The zero-order valence-electron chi connectivity index (χ0n) is 14.8. The Morgan fingerprint density at radius 3 is 2.48 bits per heavy atom. The maximum absolute atomic E-state index is 12.3. The summed E-state index contributed by atoms with van der Waals surface area (Å²) in [5.74, 6) is -1.21. The number of amides is 2. The zero-order valence-corrected chi connectivity index (χ0v) is 15.6. The molecule has 9 nitrogen and oxygen atoms in total. The standard InChI is InChI=1S/C19H14N4O5S/c24-16-17(25)23(16)22-15-13(18(26)27)8-11(29-15)9-20-19(28)21-14-7-3-5-10-4-1-2-6-12(10)14/h1-8,22H,9H2,(H,26,27)(H2,20,21,28). The monoisotopic (exact) mass is 410 g/mol. The van der Waals surface area contributed by atoms with Gasteiger partial charge in [-0.3, -0.25) is 15.0 Å². The molecule has 146 valence electrons. The number of carbonyl (C=O) groups excluding carboxylic acids is 1. The van der Waals surface area contributed by atoms with Gasteiger partial charge < -0.3 is 15.7 Å². The lowest BCUT2D eigenvalue weighted by Crippen LogP contribution is -2.27. The Labute approximate surface area is 166 Å². The van der Waals surface area contributed by atoms with Gasteiger partial charge in [-0.2, -0.15) is 4.68 Å². The SMILES string of the molecule is O=C(NCc1cc(C(=O)O)c(Nn2c(=O)c2=O)s1)Nc1cccc2ccccc12. The van der Waals surface area contributed by atoms with Crippen LogP contribution in [0.25, 0.3) is 10.8 Å². The predicted molar refractivity (Wildman–Crippen MR) is 109 cm³/mol. The molecule has 0 saturated carbocycles. The molecule has 4 aromatic rings. The average molecular weight is 410 g/mol. The van der Waals surface area contributed by atoms with Crippen molar-refractivity contribution < 1.29 is 14.7 Å². The summed E-state index contributed by atoms with van der Waals surface area (Å²) >= 11 is 1.03. The van der Waals surface area contributed by atoms with Crippen molar-refractivity contribution in [2.24, 2.45) is 0 Å². The number of fused-ring (bicyclic) bond motifs is 1. The number of aromatic carboxylic acids is 1. The second-order valence-corrected chi connectivity index (χ2v) is 7.29. The number of aromatic nitrogens is 1. The van der Waals surface area contributed by atoms with E-state index in [4.69, 9.17) is 0 Å². The van der Waals surface area contributed by atoms with Gasteiger partial charge >= 0.3 is 23.1 Å². The summed E-state index contributed by atoms with van der Waals surface area (Å²) in [5.41, 5.74) is 1.57. The van der Waals surface area contributed by atoms with Crippen LogP contribution in [-0.4, -0.2) is 21.8 Å². The van der Waals surface area contributed by atoms with Gasteiger partial charge in [0, 0.05) is 10.3 Å². The number of carboxylic acids is 1. The van der Waals surface area contributed by atoms with Crippen LogP contribution in [0.15, 0.2) is 58.1 Å². The topological polar surface area (TPSA) is 130 Å². The predicted octanol–water partition coefficient (Wildman–Crippen LogP) is 2.19. The number of hydrogen-bond donors (Lipinski definition) is 4. The van der Waals surface area contributed by atoms with Gasteiger partial charge in [0.25, 0.3) is 0 Å². The fraction of sp³-hybridized carbons (Fsp3) is 0.0526. The molecule has 2 heterocycles. The molecule has 2 aromatic carbocycles. The van der Waals surface area contributed by atoms with Crippen LogP contribution in [0, 0.1) is 0 Å². The van der Waals surface area contributed by atoms with Crippen molar-refractivity contribution in [2.75, 3.05) is 10.7 Å². The minimum Gasteiger partial charge on any atom is -0.478 e. The van der Waals surface area contributed by atoms with E-state index in [1.165, 1.54) is 6.07 Å². The lowest BCUT2D eigenvalue weighted by atomic mass is 10.1. The number of rotatable bonds is 6. The molecule has 2 aromatic heterocycles. The highest BCUT2D eigenvalue weighted by Crippen LogP contribution is 2.28. The number of carbonyl (C=O) groups is 2. The Morgan fingerprint density at radius 2 is 1.76 bits per heavy atom. The molecule has 0 unspecified atom stereocenters. The van der Waals surface area contributed by atoms with E-state index in [0.717, 1.165) is 26.8 Å². The first-order chi connectivity index (χ1) is 13.9. The first-order valence-electron chi connectivity index (χ1n) is 8.47. The van der Waals surface area contributed by atoms with Crippen molar-refractivity contribution in [3.05, 3.63) is 79.7 Å². The molecule has 0 aliphatic carbocycles. The number of urea groups is 1. The van der Waals surface area contributed by atoms with Crippen LogP contribution in [-0.2, 0) is 6.54 Å². The summed E-state index contributed by atoms with van der Waals surface area (Å²) in [7, 11) is 0. The average Bonchev–Trinajstić information content (AvgIpc) is 3.09. The second-order valence-electron chi connectivity index (χ2n) is 6.15. The summed E-state index contributed by atoms with van der Waals surface area (Å²) in [6.07, 6.45) is 0. The van der Waals surface area contributed by atoms with E-state index in [2.05, 4.69) is 16.1 Å². The lowest BCUT2D eigenvalue weighted by Gasteiger charge is -2.09. The number of nitrogens with one attached hydrogen (secondary N) is 3. The largest absolute Gasteiger partial charge is 0.478 e. The molecule has 0 aliphatic heterocycles. The van der Waals surface area contributed by atoms with Crippen LogP contribution >= 0.6 is 11.3 Å². The van der Waals surface area contributed by atoms with E-state index in [1.54, 1.807) is 6.07 Å². The fourth-order valence-corrected chi connectivity index (χ4v) is 3.75. The third kappa shape index (κ3) is 3.73. The molecule has 2 amide bonds. The third-order valence-electron chi connectivity index (χ3n) is 4.23. The summed E-state index contributed by atoms with van der Waals surface area (Å²) < 4.78 is 0.725. The number of carboxylic acid groups (broad SMARTS) is 1. The molecule has 10 heteroatoms. The van der Waals surface area contributed by atoms with Crippen molar-refractivity contribution in [2.45, 2.75) is 6.54 Å². The number of nitrogens with zero attached hydrogens (tertiary/aromatic N) is 1. The minimum atomic E-state index is -1.21. The van der Waals surface area contributed by atoms with Gasteiger partial charge in [-0.25, -0.2) is 9.59 Å². The van der Waals surface area contributed by atoms with E-state index in [9.17, 15) is 24.3 Å². The Kier molecular flexibility index (Phi) is 4.61. The van der Waals surface area contributed by atoms with Crippen LogP contribution in [0.3, 0.4) is 0 Å². The first kappa shape index (κ1) is 18.4. The molecule has 29 heavy (non-hydrogen) atoms. The van der Waals surface area contributed by atoms with Crippen LogP contribution in [0.1, 0.15) is 15.2 Å². The van der Waals surface area contributed by atoms with Gasteiger partial charge in [0.1, 0.15) is 5.00 Å². The van der Waals surface area contributed by atoms with Crippen molar-refractivity contribution in [1.82, 2.24) is 9.99 Å². The molecule has 4 rings (SSSR count). The third-order valence-corrected chi connectivity index (χ3v) is 5.27. The van der Waals surface area contributed by atoms with E-state index in [1.807, 2.05) is 36.4 Å². The number of benzene rings is 2. The van der Waals surface area contributed by atoms with Gasteiger partial charge in [-0.05, 0) is 17.5 Å². The highest BCUT2D eigenvalue weighted by molar-refractivity contribution is 7.16. The van der Waals surface area contributed by atoms with Gasteiger partial charge in [0.05, 0.1) is 17.8 Å². The Hall–Kier alpha value is -3.92. The molecule has 0 fully saturated rings. The Balaban J connectivity index is 1.45. The van der Waals surface area contributed by atoms with Crippen molar-refractivity contribution in [3.8, 4) is 0 Å². The molecule has 0 aliphatic rings. The normalized spacial score (nSPS) is 10.9. The van der Waals surface area contributed by atoms with Crippen molar-refractivity contribution in [1.29, 1.82) is 0 Å². The maximum atomic E-state index is 12.3. The molecule has 4 N–H and O–H groups in total. The summed E-state index contributed by atoms with van der Waals surface area (Å²) in [4.78, 5) is 46.4. The van der Waals surface area contributed by atoms with E-state index < -0.39 is 23.1 Å². The van der Waals surface area contributed by atoms with Crippen LogP contribution in [0.2, 0.25) is 0 Å². The van der Waals surface area contributed by atoms with E-state index >= 15 is 0 Å². The molecule has 0 atom stereocenters. The molecule has 0 bridgehead atoms. The summed E-state index contributed by atoms with van der Waals surface area (Å²) in [5, 5.41) is 16.8.